The van der Waals surface area contributed by atoms with E-state index in [0.717, 1.165) is 5.56 Å². The van der Waals surface area contributed by atoms with Gasteiger partial charge in [-0.3, -0.25) is 0 Å². The van der Waals surface area contributed by atoms with Crippen LogP contribution in [0, 0.1) is 11.3 Å². The number of aromatic carboxylic acids is 1. The van der Waals surface area contributed by atoms with E-state index < -0.39 is 5.97 Å². The third-order valence-electron chi connectivity index (χ3n) is 3.08. The molecule has 21 heavy (non-hydrogen) atoms. The van der Waals surface area contributed by atoms with Crippen LogP contribution in [0.3, 0.4) is 0 Å². The van der Waals surface area contributed by atoms with Crippen molar-refractivity contribution in [3.05, 3.63) is 64.2 Å². The topological polar surface area (TPSA) is 64.3 Å². The second-order valence-electron chi connectivity index (χ2n) is 4.63. The van der Waals surface area contributed by atoms with Crippen molar-refractivity contribution in [2.24, 2.45) is 0 Å². The number of nitriles is 1. The monoisotopic (exact) mass is 300 g/mol. The number of nitrogens with zero attached hydrogens (tertiary/aromatic N) is 2. The molecule has 0 aliphatic heterocycles. The number of carboxylic acid groups (broad SMARTS) is 1. The molecule has 5 heteroatoms. The van der Waals surface area contributed by atoms with Gasteiger partial charge in [0, 0.05) is 18.6 Å². The maximum absolute atomic E-state index is 10.9. The summed E-state index contributed by atoms with van der Waals surface area (Å²) in [5.41, 5.74) is 2.13. The number of carboxylic acids is 1. The molecule has 106 valence electrons. The predicted molar refractivity (Wildman–Crippen MR) is 81.7 cm³/mol. The van der Waals surface area contributed by atoms with Gasteiger partial charge in [0.25, 0.3) is 0 Å². The number of rotatable bonds is 4. The van der Waals surface area contributed by atoms with E-state index in [-0.39, 0.29) is 5.56 Å². The zero-order chi connectivity index (χ0) is 15.4. The first-order valence-electron chi connectivity index (χ1n) is 6.24. The average Bonchev–Trinajstić information content (AvgIpc) is 2.46. The van der Waals surface area contributed by atoms with E-state index in [1.54, 1.807) is 12.1 Å². The van der Waals surface area contributed by atoms with Crippen LogP contribution in [0.15, 0.2) is 42.5 Å². The highest BCUT2D eigenvalue weighted by Crippen LogP contribution is 2.23. The molecule has 1 N–H and O–H groups in total. The lowest BCUT2D eigenvalue weighted by Gasteiger charge is -2.21. The summed E-state index contributed by atoms with van der Waals surface area (Å²) < 4.78 is 0. The molecule has 2 aromatic rings. The maximum atomic E-state index is 10.9. The van der Waals surface area contributed by atoms with Crippen molar-refractivity contribution >= 4 is 23.3 Å². The fraction of sp³-hybridized carbons (Fsp3) is 0.125. The summed E-state index contributed by atoms with van der Waals surface area (Å²) in [6.45, 7) is 0.571. The van der Waals surface area contributed by atoms with Crippen LogP contribution in [0.5, 0.6) is 0 Å². The van der Waals surface area contributed by atoms with E-state index in [4.69, 9.17) is 16.7 Å². The van der Waals surface area contributed by atoms with Crippen LogP contribution in [-0.2, 0) is 6.54 Å². The summed E-state index contributed by atoms with van der Waals surface area (Å²) >= 11 is 5.95. The van der Waals surface area contributed by atoms with Crippen LogP contribution >= 0.6 is 11.6 Å². The molecule has 4 nitrogen and oxygen atoms in total. The summed E-state index contributed by atoms with van der Waals surface area (Å²) in [7, 11) is 1.84. The van der Waals surface area contributed by atoms with E-state index in [0.29, 0.717) is 22.8 Å². The third kappa shape index (κ3) is 3.53. The minimum Gasteiger partial charge on any atom is -0.478 e. The summed E-state index contributed by atoms with van der Waals surface area (Å²) in [6, 6.07) is 14.0. The zero-order valence-electron chi connectivity index (χ0n) is 11.4. The quantitative estimate of drug-likeness (QED) is 0.938. The van der Waals surface area contributed by atoms with Crippen LogP contribution < -0.4 is 4.90 Å². The Bertz CT molecular complexity index is 722. The highest BCUT2D eigenvalue weighted by atomic mass is 35.5. The van der Waals surface area contributed by atoms with Gasteiger partial charge in [0.2, 0.25) is 0 Å². The molecule has 0 aliphatic carbocycles. The van der Waals surface area contributed by atoms with Crippen LogP contribution in [0.1, 0.15) is 21.5 Å². The van der Waals surface area contributed by atoms with Crippen molar-refractivity contribution in [3.63, 3.8) is 0 Å². The Balaban J connectivity index is 2.29. The van der Waals surface area contributed by atoms with Crippen molar-refractivity contribution in [1.29, 1.82) is 5.26 Å². The first kappa shape index (κ1) is 14.9. The van der Waals surface area contributed by atoms with Gasteiger partial charge >= 0.3 is 5.97 Å². The second-order valence-corrected chi connectivity index (χ2v) is 5.07. The number of halogens is 1. The van der Waals surface area contributed by atoms with E-state index in [1.807, 2.05) is 36.2 Å². The van der Waals surface area contributed by atoms with Crippen molar-refractivity contribution in [1.82, 2.24) is 0 Å². The molecule has 0 fully saturated rings. The van der Waals surface area contributed by atoms with Crippen LogP contribution in [0.2, 0.25) is 5.02 Å². The minimum atomic E-state index is -1.05. The molecule has 0 aliphatic rings. The molecule has 0 saturated heterocycles. The number of hydrogen-bond donors (Lipinski definition) is 1. The van der Waals surface area contributed by atoms with Gasteiger partial charge in [-0.05, 0) is 35.9 Å². The average molecular weight is 301 g/mol. The van der Waals surface area contributed by atoms with Crippen molar-refractivity contribution in [2.45, 2.75) is 6.54 Å². The lowest BCUT2D eigenvalue weighted by atomic mass is 10.1. The van der Waals surface area contributed by atoms with E-state index in [1.165, 1.54) is 12.1 Å². The van der Waals surface area contributed by atoms with Gasteiger partial charge < -0.3 is 10.0 Å². The molecule has 0 aromatic heterocycles. The fourth-order valence-electron chi connectivity index (χ4n) is 2.09. The molecular weight excluding hydrogens is 288 g/mol. The molecule has 0 atom stereocenters. The van der Waals surface area contributed by atoms with Crippen molar-refractivity contribution in [3.8, 4) is 6.07 Å². The lowest BCUT2D eigenvalue weighted by Crippen LogP contribution is -2.17. The Morgan fingerprint density at radius 2 is 2.10 bits per heavy atom. The molecule has 0 unspecified atom stereocenters. The molecule has 0 spiro atoms. The molecule has 0 saturated carbocycles. The van der Waals surface area contributed by atoms with Gasteiger partial charge in [-0.2, -0.15) is 5.26 Å². The number of anilines is 1. The second kappa shape index (κ2) is 6.29. The molecule has 0 amide bonds. The number of benzene rings is 2. The third-order valence-corrected chi connectivity index (χ3v) is 3.32. The Kier molecular flexibility index (Phi) is 4.46. The molecule has 0 radical (unpaired) electrons. The van der Waals surface area contributed by atoms with Crippen LogP contribution in [-0.4, -0.2) is 18.1 Å². The van der Waals surface area contributed by atoms with Crippen molar-refractivity contribution in [2.75, 3.05) is 11.9 Å². The van der Waals surface area contributed by atoms with Crippen molar-refractivity contribution < 1.29 is 9.90 Å². The van der Waals surface area contributed by atoms with Gasteiger partial charge in [-0.1, -0.05) is 23.7 Å². The van der Waals surface area contributed by atoms with Gasteiger partial charge in [-0.25, -0.2) is 4.79 Å². The van der Waals surface area contributed by atoms with Gasteiger partial charge in [-0.15, -0.1) is 0 Å². The molecule has 0 bridgehead atoms. The SMILES string of the molecule is CN(Cc1cccc(Cl)c1)c1ccc(C(=O)O)cc1C#N. The molecule has 2 rings (SSSR count). The maximum Gasteiger partial charge on any atom is 0.335 e. The predicted octanol–water partition coefficient (Wildman–Crippen LogP) is 3.55. The largest absolute Gasteiger partial charge is 0.478 e. The van der Waals surface area contributed by atoms with E-state index in [2.05, 4.69) is 0 Å². The molecule has 0 heterocycles. The normalized spacial score (nSPS) is 9.95. The van der Waals surface area contributed by atoms with Gasteiger partial charge in [0.15, 0.2) is 0 Å². The number of hydrogen-bond acceptors (Lipinski definition) is 3. The Hall–Kier alpha value is -2.51. The van der Waals surface area contributed by atoms with Crippen LogP contribution in [0.4, 0.5) is 5.69 Å². The summed E-state index contributed by atoms with van der Waals surface area (Å²) in [6.07, 6.45) is 0. The zero-order valence-corrected chi connectivity index (χ0v) is 12.1. The highest BCUT2D eigenvalue weighted by Gasteiger charge is 2.12. The minimum absolute atomic E-state index is 0.103. The van der Waals surface area contributed by atoms with Gasteiger partial charge in [0.05, 0.1) is 16.8 Å². The molecule has 2 aromatic carbocycles. The smallest absolute Gasteiger partial charge is 0.335 e. The molecular formula is C16H13ClN2O2. The first-order chi connectivity index (χ1) is 10.0. The summed E-state index contributed by atoms with van der Waals surface area (Å²) in [5.74, 6) is -1.05. The lowest BCUT2D eigenvalue weighted by molar-refractivity contribution is 0.0697. The Labute approximate surface area is 127 Å². The van der Waals surface area contributed by atoms with E-state index >= 15 is 0 Å². The summed E-state index contributed by atoms with van der Waals surface area (Å²) in [4.78, 5) is 12.8. The summed E-state index contributed by atoms with van der Waals surface area (Å²) in [5, 5.41) is 18.8. The Morgan fingerprint density at radius 3 is 2.71 bits per heavy atom. The van der Waals surface area contributed by atoms with Crippen LogP contribution in [0.25, 0.3) is 0 Å². The van der Waals surface area contributed by atoms with Gasteiger partial charge in [0.1, 0.15) is 6.07 Å². The van der Waals surface area contributed by atoms with E-state index in [9.17, 15) is 10.1 Å². The first-order valence-corrected chi connectivity index (χ1v) is 6.62. The fourth-order valence-corrected chi connectivity index (χ4v) is 2.30. The Morgan fingerprint density at radius 1 is 1.33 bits per heavy atom. The number of carbonyl (C=O) groups is 1. The standard InChI is InChI=1S/C16H13ClN2O2/c1-19(10-11-3-2-4-14(17)7-11)15-6-5-12(16(20)21)8-13(15)9-18/h2-8H,10H2,1H3,(H,20,21). The highest BCUT2D eigenvalue weighted by molar-refractivity contribution is 6.30.